The van der Waals surface area contributed by atoms with Gasteiger partial charge < -0.3 is 21.1 Å². The minimum Gasteiger partial charge on any atom is -0.386 e. The summed E-state index contributed by atoms with van der Waals surface area (Å²) in [6.07, 6.45) is 1.43. The molecular formula is C24H31IN4O2S. The number of guanidine groups is 1. The van der Waals surface area contributed by atoms with Gasteiger partial charge in [0.25, 0.3) is 5.91 Å². The number of carbonyl (C=O) groups is 1. The van der Waals surface area contributed by atoms with Crippen molar-refractivity contribution >= 4 is 57.3 Å². The Morgan fingerprint density at radius 3 is 2.53 bits per heavy atom. The Bertz CT molecular complexity index is 987. The second-order valence-electron chi connectivity index (χ2n) is 7.32. The molecule has 2 aromatic carbocycles. The van der Waals surface area contributed by atoms with Crippen LogP contribution in [0.2, 0.25) is 0 Å². The maximum atomic E-state index is 12.1. The van der Waals surface area contributed by atoms with Gasteiger partial charge in [-0.05, 0) is 41.6 Å². The summed E-state index contributed by atoms with van der Waals surface area (Å²) in [7, 11) is 1.70. The molecule has 6 nitrogen and oxygen atoms in total. The van der Waals surface area contributed by atoms with Crippen molar-refractivity contribution in [2.24, 2.45) is 4.99 Å². The molecule has 1 heterocycles. The highest BCUT2D eigenvalue weighted by Gasteiger charge is 2.12. The molecule has 1 aromatic heterocycles. The predicted molar refractivity (Wildman–Crippen MR) is 144 cm³/mol. The molecular weight excluding hydrogens is 535 g/mol. The lowest BCUT2D eigenvalue weighted by Crippen LogP contribution is -2.38. The summed E-state index contributed by atoms with van der Waals surface area (Å²) >= 11 is 1.60. The lowest BCUT2D eigenvalue weighted by molar-refractivity contribution is 0.0953. The predicted octanol–water partition coefficient (Wildman–Crippen LogP) is 4.45. The van der Waals surface area contributed by atoms with E-state index in [-0.39, 0.29) is 29.9 Å². The number of benzene rings is 2. The fraction of sp³-hybridized carbons (Fsp3) is 0.333. The van der Waals surface area contributed by atoms with Gasteiger partial charge in [0.05, 0.1) is 0 Å². The number of hydrogen-bond acceptors (Lipinski definition) is 4. The number of aliphatic hydroxyl groups is 1. The third kappa shape index (κ3) is 7.46. The molecule has 4 N–H and O–H groups in total. The Morgan fingerprint density at radius 1 is 1.09 bits per heavy atom. The fourth-order valence-corrected chi connectivity index (χ4v) is 4.17. The number of aliphatic imine (C=N–C) groups is 1. The quantitative estimate of drug-likeness (QED) is 0.134. The smallest absolute Gasteiger partial charge is 0.251 e. The molecule has 1 amide bonds. The molecule has 0 saturated heterocycles. The third-order valence-corrected chi connectivity index (χ3v) is 6.17. The SMILES string of the molecule is CCCCNC(=O)c1ccc(CNC(=NC)NCC(O)c2cc3ccccc3s2)cc1.I. The first-order valence-corrected chi connectivity index (χ1v) is 11.4. The number of carbonyl (C=O) groups excluding carboxylic acids is 1. The third-order valence-electron chi connectivity index (χ3n) is 4.95. The summed E-state index contributed by atoms with van der Waals surface area (Å²) in [6, 6.07) is 17.7. The maximum absolute atomic E-state index is 12.1. The summed E-state index contributed by atoms with van der Waals surface area (Å²) in [6.45, 7) is 3.73. The minimum absolute atomic E-state index is 0. The zero-order chi connectivity index (χ0) is 22.1. The second kappa shape index (κ2) is 13.4. The van der Waals surface area contributed by atoms with Crippen LogP contribution in [0.4, 0.5) is 0 Å². The van der Waals surface area contributed by atoms with Crippen molar-refractivity contribution in [1.29, 1.82) is 0 Å². The molecule has 3 rings (SSSR count). The summed E-state index contributed by atoms with van der Waals surface area (Å²) in [5.41, 5.74) is 1.70. The molecule has 3 aromatic rings. The van der Waals surface area contributed by atoms with Gasteiger partial charge in [-0.25, -0.2) is 0 Å². The van der Waals surface area contributed by atoms with E-state index in [2.05, 4.69) is 40.0 Å². The highest BCUT2D eigenvalue weighted by Crippen LogP contribution is 2.29. The Labute approximate surface area is 210 Å². The minimum atomic E-state index is -0.610. The maximum Gasteiger partial charge on any atom is 0.251 e. The van der Waals surface area contributed by atoms with Crippen LogP contribution in [0.1, 0.15) is 46.7 Å². The number of halogens is 1. The zero-order valence-corrected chi connectivity index (χ0v) is 21.6. The zero-order valence-electron chi connectivity index (χ0n) is 18.4. The van der Waals surface area contributed by atoms with Gasteiger partial charge in [0, 0.05) is 41.8 Å². The van der Waals surface area contributed by atoms with Gasteiger partial charge in [0.2, 0.25) is 0 Å². The van der Waals surface area contributed by atoms with Crippen LogP contribution in [0.15, 0.2) is 59.6 Å². The van der Waals surface area contributed by atoms with Gasteiger partial charge in [0.1, 0.15) is 6.10 Å². The van der Waals surface area contributed by atoms with Gasteiger partial charge in [-0.3, -0.25) is 9.79 Å². The first-order valence-electron chi connectivity index (χ1n) is 10.6. The average Bonchev–Trinajstić information content (AvgIpc) is 3.24. The van der Waals surface area contributed by atoms with E-state index in [0.29, 0.717) is 31.2 Å². The van der Waals surface area contributed by atoms with E-state index < -0.39 is 6.10 Å². The van der Waals surface area contributed by atoms with Crippen LogP contribution in [-0.2, 0) is 6.54 Å². The number of hydrogen-bond donors (Lipinski definition) is 4. The molecule has 32 heavy (non-hydrogen) atoms. The van der Waals surface area contributed by atoms with E-state index in [4.69, 9.17) is 0 Å². The molecule has 0 aliphatic carbocycles. The molecule has 1 atom stereocenters. The van der Waals surface area contributed by atoms with Crippen molar-refractivity contribution in [2.75, 3.05) is 20.1 Å². The second-order valence-corrected chi connectivity index (χ2v) is 8.43. The van der Waals surface area contributed by atoms with Crippen molar-refractivity contribution in [3.8, 4) is 0 Å². The number of fused-ring (bicyclic) bond motifs is 1. The molecule has 0 aliphatic heterocycles. The van der Waals surface area contributed by atoms with Crippen molar-refractivity contribution in [3.05, 3.63) is 70.6 Å². The van der Waals surface area contributed by atoms with E-state index in [1.54, 1.807) is 18.4 Å². The van der Waals surface area contributed by atoms with Gasteiger partial charge >= 0.3 is 0 Å². The van der Waals surface area contributed by atoms with Crippen molar-refractivity contribution in [1.82, 2.24) is 16.0 Å². The number of nitrogens with one attached hydrogen (secondary N) is 3. The first kappa shape index (κ1) is 26.1. The van der Waals surface area contributed by atoms with Crippen LogP contribution >= 0.6 is 35.3 Å². The Hall–Kier alpha value is -2.17. The topological polar surface area (TPSA) is 85.8 Å². The van der Waals surface area contributed by atoms with Gasteiger partial charge in [-0.15, -0.1) is 35.3 Å². The molecule has 172 valence electrons. The molecule has 0 radical (unpaired) electrons. The monoisotopic (exact) mass is 566 g/mol. The Balaban J connectivity index is 0.00000363. The van der Waals surface area contributed by atoms with Crippen molar-refractivity contribution in [2.45, 2.75) is 32.4 Å². The van der Waals surface area contributed by atoms with E-state index in [9.17, 15) is 9.90 Å². The Morgan fingerprint density at radius 2 is 1.84 bits per heavy atom. The van der Waals surface area contributed by atoms with Crippen LogP contribution in [0.5, 0.6) is 0 Å². The standard InChI is InChI=1S/C24H30N4O2S.HI/c1-3-4-13-26-23(30)18-11-9-17(10-12-18)15-27-24(25-2)28-16-20(29)22-14-19-7-5-6-8-21(19)31-22;/h5-12,14,20,29H,3-4,13,15-16H2,1-2H3,(H,26,30)(H2,25,27,28);1H. The van der Waals surface area contributed by atoms with Crippen LogP contribution < -0.4 is 16.0 Å². The highest BCUT2D eigenvalue weighted by atomic mass is 127. The molecule has 0 fully saturated rings. The molecule has 0 saturated carbocycles. The van der Waals surface area contributed by atoms with Gasteiger partial charge in [-0.1, -0.05) is 43.7 Å². The lowest BCUT2D eigenvalue weighted by atomic mass is 10.1. The van der Waals surface area contributed by atoms with Crippen molar-refractivity contribution in [3.63, 3.8) is 0 Å². The fourth-order valence-electron chi connectivity index (χ4n) is 3.12. The average molecular weight is 567 g/mol. The van der Waals surface area contributed by atoms with Gasteiger partial charge in [-0.2, -0.15) is 0 Å². The molecule has 1 unspecified atom stereocenters. The number of rotatable bonds is 9. The number of amides is 1. The summed E-state index contributed by atoms with van der Waals surface area (Å²) in [5, 5.41) is 21.0. The van der Waals surface area contributed by atoms with Crippen LogP contribution in [-0.4, -0.2) is 37.1 Å². The number of aliphatic hydroxyl groups excluding tert-OH is 1. The van der Waals surface area contributed by atoms with Crippen LogP contribution in [0.25, 0.3) is 10.1 Å². The summed E-state index contributed by atoms with van der Waals surface area (Å²) in [4.78, 5) is 17.2. The van der Waals surface area contributed by atoms with Crippen LogP contribution in [0, 0.1) is 0 Å². The van der Waals surface area contributed by atoms with Crippen LogP contribution in [0.3, 0.4) is 0 Å². The summed E-state index contributed by atoms with van der Waals surface area (Å²) in [5.74, 6) is 0.571. The van der Waals surface area contributed by atoms with Gasteiger partial charge in [0.15, 0.2) is 5.96 Å². The number of thiophene rings is 1. The molecule has 0 spiro atoms. The van der Waals surface area contributed by atoms with E-state index >= 15 is 0 Å². The van der Waals surface area contributed by atoms with E-state index in [1.165, 1.54) is 4.70 Å². The highest BCUT2D eigenvalue weighted by molar-refractivity contribution is 14.0. The largest absolute Gasteiger partial charge is 0.386 e. The van der Waals surface area contributed by atoms with E-state index in [1.807, 2.05) is 42.5 Å². The molecule has 0 bridgehead atoms. The Kier molecular flexibility index (Phi) is 10.9. The number of unbranched alkanes of at least 4 members (excludes halogenated alkanes) is 1. The first-order chi connectivity index (χ1) is 15.1. The summed E-state index contributed by atoms with van der Waals surface area (Å²) < 4.78 is 1.17. The molecule has 8 heteroatoms. The lowest BCUT2D eigenvalue weighted by Gasteiger charge is -2.15. The normalized spacial score (nSPS) is 12.2. The number of nitrogens with zero attached hydrogens (tertiary/aromatic N) is 1. The van der Waals surface area contributed by atoms with E-state index in [0.717, 1.165) is 28.7 Å². The van der Waals surface area contributed by atoms with Crippen molar-refractivity contribution < 1.29 is 9.90 Å². The molecule has 0 aliphatic rings.